The van der Waals surface area contributed by atoms with Gasteiger partial charge in [-0.1, -0.05) is 73.8 Å². The maximum Gasteiger partial charge on any atom is 0.145 e. The van der Waals surface area contributed by atoms with Crippen LogP contribution in [0, 0.1) is 0 Å². The topological polar surface area (TPSA) is 47.6 Å². The Kier molecular flexibility index (Phi) is 6.30. The molecule has 0 radical (unpaired) electrons. The molecule has 0 unspecified atom stereocenters. The Morgan fingerprint density at radius 1 is 0.491 bits per heavy atom. The van der Waals surface area contributed by atoms with Crippen LogP contribution in [-0.2, 0) is 0 Å². The minimum atomic E-state index is -2.12. The molecular weight excluding hydrogens is 667 g/mol. The Morgan fingerprint density at radius 3 is 2.19 bits per heavy atom. The van der Waals surface area contributed by atoms with Crippen molar-refractivity contribution in [2.24, 2.45) is 0 Å². The molecule has 0 saturated carbocycles. The molecule has 0 aliphatic carbocycles. The molecule has 0 fully saturated rings. The third-order valence-electron chi connectivity index (χ3n) is 11.0. The van der Waals surface area contributed by atoms with Gasteiger partial charge < -0.3 is 9.64 Å². The fourth-order valence-corrected chi connectivity index (χ4v) is 11.5. The average molecular weight is 700 g/mol. The molecule has 53 heavy (non-hydrogen) atoms. The van der Waals surface area contributed by atoms with Gasteiger partial charge in [0.2, 0.25) is 0 Å². The molecule has 0 bridgehead atoms. The maximum absolute atomic E-state index is 6.64. The summed E-state index contributed by atoms with van der Waals surface area (Å²) in [5, 5.41) is 8.52. The number of hydrogen-bond donors (Lipinski definition) is 0. The SMILES string of the molecule is C[Si]1(C)c2ccccc2N(c2ccccc2)c2cc3c4cccnc4n(-c4cccc(Oc5ccc6c7ccccc7n7ccnc7c6c5)c4)c3cc21. The van der Waals surface area contributed by atoms with Crippen molar-refractivity contribution < 1.29 is 4.74 Å². The first-order valence-corrected chi connectivity index (χ1v) is 21.0. The molecule has 0 saturated heterocycles. The first kappa shape index (κ1) is 30.0. The number of hydrogen-bond acceptors (Lipinski definition) is 4. The fourth-order valence-electron chi connectivity index (χ4n) is 8.59. The molecule has 10 aromatic rings. The Bertz CT molecular complexity index is 3090. The molecule has 0 amide bonds. The average Bonchev–Trinajstić information content (AvgIpc) is 3.82. The van der Waals surface area contributed by atoms with Crippen LogP contribution in [0.3, 0.4) is 0 Å². The summed E-state index contributed by atoms with van der Waals surface area (Å²) in [6, 6.07) is 51.9. The largest absolute Gasteiger partial charge is 0.457 e. The summed E-state index contributed by atoms with van der Waals surface area (Å²) in [7, 11) is -2.12. The summed E-state index contributed by atoms with van der Waals surface area (Å²) >= 11 is 0. The van der Waals surface area contributed by atoms with Crippen molar-refractivity contribution in [1.29, 1.82) is 0 Å². The zero-order valence-corrected chi connectivity index (χ0v) is 30.2. The molecule has 6 aromatic carbocycles. The van der Waals surface area contributed by atoms with E-state index in [9.17, 15) is 0 Å². The van der Waals surface area contributed by atoms with Crippen molar-refractivity contribution in [1.82, 2.24) is 18.9 Å². The molecule has 4 aromatic heterocycles. The summed E-state index contributed by atoms with van der Waals surface area (Å²) < 4.78 is 11.1. The first-order valence-electron chi connectivity index (χ1n) is 18.0. The van der Waals surface area contributed by atoms with Crippen molar-refractivity contribution in [2.75, 3.05) is 4.90 Å². The van der Waals surface area contributed by atoms with Crippen LogP contribution < -0.4 is 20.0 Å². The highest BCUT2D eigenvalue weighted by atomic mass is 28.3. The number of ether oxygens (including phenoxy) is 1. The Labute approximate surface area is 306 Å². The number of pyridine rings is 2. The van der Waals surface area contributed by atoms with Crippen LogP contribution in [0.25, 0.3) is 54.9 Å². The van der Waals surface area contributed by atoms with Gasteiger partial charge in [-0.05, 0) is 94.6 Å². The number of imidazole rings is 1. The number of anilines is 3. The second kappa shape index (κ2) is 11.1. The summed E-state index contributed by atoms with van der Waals surface area (Å²) in [5.41, 5.74) is 8.78. The summed E-state index contributed by atoms with van der Waals surface area (Å²) in [6.07, 6.45) is 5.77. The standard InChI is InChI=1S/C46H33N5OSi/c1-53(2)43-20-9-8-19-40(43)50(30-12-4-3-5-13-30)42-28-37-36-17-11-23-47-46(36)51(41(37)29-44(42)53)31-14-10-15-32(26-31)52-33-21-22-34-35-16-6-7-18-39(35)49-25-24-48-45(49)38(34)27-33/h3-29H,1-2H3. The van der Waals surface area contributed by atoms with E-state index in [4.69, 9.17) is 14.7 Å². The Hall–Kier alpha value is -6.70. The van der Waals surface area contributed by atoms with Gasteiger partial charge in [-0.2, -0.15) is 0 Å². The monoisotopic (exact) mass is 699 g/mol. The van der Waals surface area contributed by atoms with Gasteiger partial charge in [-0.25, -0.2) is 9.97 Å². The van der Waals surface area contributed by atoms with Crippen molar-refractivity contribution >= 4 is 84.8 Å². The number of benzene rings is 6. The van der Waals surface area contributed by atoms with Gasteiger partial charge >= 0.3 is 0 Å². The van der Waals surface area contributed by atoms with Crippen LogP contribution in [0.5, 0.6) is 11.5 Å². The maximum atomic E-state index is 6.64. The molecule has 11 rings (SSSR count). The van der Waals surface area contributed by atoms with Crippen LogP contribution >= 0.6 is 0 Å². The van der Waals surface area contributed by atoms with E-state index in [1.165, 1.54) is 32.5 Å². The van der Waals surface area contributed by atoms with Crippen molar-refractivity contribution in [2.45, 2.75) is 13.1 Å². The van der Waals surface area contributed by atoms with E-state index in [2.05, 4.69) is 160 Å². The van der Waals surface area contributed by atoms with Crippen LogP contribution in [0.2, 0.25) is 13.1 Å². The molecule has 1 aliphatic rings. The summed E-state index contributed by atoms with van der Waals surface area (Å²) in [4.78, 5) is 12.1. The van der Waals surface area contributed by atoms with Gasteiger partial charge in [0.15, 0.2) is 0 Å². The Balaban J connectivity index is 1.08. The lowest BCUT2D eigenvalue weighted by Crippen LogP contribution is -2.58. The second-order valence-electron chi connectivity index (χ2n) is 14.4. The smallest absolute Gasteiger partial charge is 0.145 e. The van der Waals surface area contributed by atoms with E-state index < -0.39 is 8.07 Å². The number of para-hydroxylation sites is 3. The fraction of sp³-hybridized carbons (Fsp3) is 0.0435. The zero-order valence-electron chi connectivity index (χ0n) is 29.2. The highest BCUT2D eigenvalue weighted by Gasteiger charge is 2.39. The molecule has 252 valence electrons. The summed E-state index contributed by atoms with van der Waals surface area (Å²) in [5.74, 6) is 1.52. The number of nitrogens with zero attached hydrogens (tertiary/aromatic N) is 5. The van der Waals surface area contributed by atoms with Gasteiger partial charge in [0, 0.05) is 63.3 Å². The zero-order chi connectivity index (χ0) is 35.3. The predicted octanol–water partition coefficient (Wildman–Crippen LogP) is 10.5. The van der Waals surface area contributed by atoms with Crippen molar-refractivity contribution in [3.05, 3.63) is 164 Å². The molecule has 1 aliphatic heterocycles. The van der Waals surface area contributed by atoms with Crippen molar-refractivity contribution in [3.8, 4) is 17.2 Å². The third kappa shape index (κ3) is 4.38. The van der Waals surface area contributed by atoms with E-state index in [1.807, 2.05) is 30.7 Å². The van der Waals surface area contributed by atoms with Crippen molar-refractivity contribution in [3.63, 3.8) is 0 Å². The van der Waals surface area contributed by atoms with E-state index in [0.717, 1.165) is 61.4 Å². The lowest BCUT2D eigenvalue weighted by Gasteiger charge is -2.41. The molecular formula is C46H33N5OSi. The minimum absolute atomic E-state index is 0.754. The van der Waals surface area contributed by atoms with E-state index >= 15 is 0 Å². The van der Waals surface area contributed by atoms with Gasteiger partial charge in [0.05, 0.1) is 16.7 Å². The Morgan fingerprint density at radius 2 is 1.26 bits per heavy atom. The van der Waals surface area contributed by atoms with Crippen LogP contribution in [0.1, 0.15) is 0 Å². The van der Waals surface area contributed by atoms with Crippen LogP contribution in [-0.4, -0.2) is 27.0 Å². The van der Waals surface area contributed by atoms with E-state index in [1.54, 1.807) is 0 Å². The van der Waals surface area contributed by atoms with Gasteiger partial charge in [-0.3, -0.25) is 8.97 Å². The highest BCUT2D eigenvalue weighted by Crippen LogP contribution is 2.42. The predicted molar refractivity (Wildman–Crippen MR) is 220 cm³/mol. The van der Waals surface area contributed by atoms with Gasteiger partial charge in [0.1, 0.15) is 30.9 Å². The highest BCUT2D eigenvalue weighted by molar-refractivity contribution is 7.02. The van der Waals surface area contributed by atoms with Gasteiger partial charge in [0.25, 0.3) is 0 Å². The van der Waals surface area contributed by atoms with Crippen LogP contribution in [0.4, 0.5) is 17.1 Å². The number of aromatic nitrogens is 4. The minimum Gasteiger partial charge on any atom is -0.457 e. The first-order chi connectivity index (χ1) is 26.0. The summed E-state index contributed by atoms with van der Waals surface area (Å²) in [6.45, 7) is 4.95. The lowest BCUT2D eigenvalue weighted by atomic mass is 10.1. The molecule has 5 heterocycles. The molecule has 7 heteroatoms. The van der Waals surface area contributed by atoms with E-state index in [-0.39, 0.29) is 0 Å². The molecule has 0 spiro atoms. The molecule has 0 N–H and O–H groups in total. The molecule has 6 nitrogen and oxygen atoms in total. The normalized spacial score (nSPS) is 13.6. The quantitative estimate of drug-likeness (QED) is 0.136. The number of rotatable bonds is 4. The van der Waals surface area contributed by atoms with Gasteiger partial charge in [-0.15, -0.1) is 0 Å². The second-order valence-corrected chi connectivity index (χ2v) is 18.7. The number of fused-ring (bicyclic) bond motifs is 11. The molecule has 0 atom stereocenters. The van der Waals surface area contributed by atoms with E-state index in [0.29, 0.717) is 0 Å². The third-order valence-corrected chi connectivity index (χ3v) is 14.5. The van der Waals surface area contributed by atoms with Crippen LogP contribution in [0.15, 0.2) is 164 Å². The lowest BCUT2D eigenvalue weighted by molar-refractivity contribution is 0.483.